The van der Waals surface area contributed by atoms with Gasteiger partial charge in [0, 0.05) is 50.3 Å². The highest BCUT2D eigenvalue weighted by molar-refractivity contribution is 6.30. The Hall–Kier alpha value is -3.75. The van der Waals surface area contributed by atoms with Crippen molar-refractivity contribution in [2.24, 2.45) is 4.99 Å². The number of hydrogen-bond acceptors (Lipinski definition) is 4. The Morgan fingerprint density at radius 2 is 1.48 bits per heavy atom. The van der Waals surface area contributed by atoms with Crippen molar-refractivity contribution in [1.82, 2.24) is 19.6 Å². The van der Waals surface area contributed by atoms with Gasteiger partial charge in [-0.15, -0.1) is 0 Å². The monoisotopic (exact) mass is 663 g/mol. The van der Waals surface area contributed by atoms with Crippen molar-refractivity contribution >= 4 is 41.1 Å². The molecule has 0 radical (unpaired) electrons. The molecule has 244 valence electrons. The number of rotatable bonds is 5. The average Bonchev–Trinajstić information content (AvgIpc) is 3.34. The molecular formula is C36H43Cl2N5O3. The van der Waals surface area contributed by atoms with Crippen LogP contribution in [0.4, 0.5) is 9.59 Å². The Balaban J connectivity index is 1.68. The zero-order valence-corrected chi connectivity index (χ0v) is 29.2. The van der Waals surface area contributed by atoms with Crippen molar-refractivity contribution in [3.63, 3.8) is 0 Å². The number of hydrogen-bond donors (Lipinski definition) is 0. The van der Waals surface area contributed by atoms with E-state index in [1.165, 1.54) is 0 Å². The molecule has 2 atom stereocenters. The molecule has 3 aromatic rings. The number of aliphatic imine (C=N–C) groups is 1. The first-order chi connectivity index (χ1) is 21.7. The predicted molar refractivity (Wildman–Crippen MR) is 185 cm³/mol. The van der Waals surface area contributed by atoms with Crippen LogP contribution < -0.4 is 4.74 Å². The molecule has 2 unspecified atom stereocenters. The Labute approximate surface area is 282 Å². The molecule has 46 heavy (non-hydrogen) atoms. The lowest BCUT2D eigenvalue weighted by Gasteiger charge is -2.41. The van der Waals surface area contributed by atoms with Crippen LogP contribution in [0.3, 0.4) is 0 Å². The Kier molecular flexibility index (Phi) is 9.62. The first-order valence-corrected chi connectivity index (χ1v) is 16.4. The van der Waals surface area contributed by atoms with Gasteiger partial charge >= 0.3 is 12.1 Å². The number of carbonyl (C=O) groups excluding carboxylic acids is 2. The van der Waals surface area contributed by atoms with E-state index >= 15 is 0 Å². The standard InChI is InChI=1S/C36H43Cl2N5O3/c1-8-46-30-23-26(35(2,3)4)13-18-29(30)32-39-36(5,25-11-16-28(38)17-12-25)31(24-9-14-27(37)15-10-24)43(32)34(45)42-21-19-41(20-22-42)33(44)40(6)7/h9-18,23,31H,8,19-22H2,1-7H3. The quantitative estimate of drug-likeness (QED) is 0.279. The molecule has 1 saturated heterocycles. The van der Waals surface area contributed by atoms with E-state index in [1.807, 2.05) is 71.3 Å². The lowest BCUT2D eigenvalue weighted by Crippen LogP contribution is -2.56. The average molecular weight is 665 g/mol. The zero-order valence-electron chi connectivity index (χ0n) is 27.7. The summed E-state index contributed by atoms with van der Waals surface area (Å²) in [6.45, 7) is 12.6. The molecular weight excluding hydrogens is 621 g/mol. The molecule has 0 bridgehead atoms. The third kappa shape index (κ3) is 6.56. The van der Waals surface area contributed by atoms with E-state index in [0.29, 0.717) is 54.4 Å². The largest absolute Gasteiger partial charge is 0.493 e. The highest BCUT2D eigenvalue weighted by atomic mass is 35.5. The molecule has 0 aliphatic carbocycles. The molecule has 0 aromatic heterocycles. The maximum Gasteiger partial charge on any atom is 0.326 e. The number of amides is 4. The first-order valence-electron chi connectivity index (χ1n) is 15.7. The summed E-state index contributed by atoms with van der Waals surface area (Å²) in [6.07, 6.45) is 0. The van der Waals surface area contributed by atoms with Crippen molar-refractivity contribution in [1.29, 1.82) is 0 Å². The van der Waals surface area contributed by atoms with E-state index in [1.54, 1.807) is 23.9 Å². The highest BCUT2D eigenvalue weighted by Gasteiger charge is 2.52. The van der Waals surface area contributed by atoms with Crippen LogP contribution in [0.25, 0.3) is 0 Å². The molecule has 0 saturated carbocycles. The number of urea groups is 2. The summed E-state index contributed by atoms with van der Waals surface area (Å²) in [5.41, 5.74) is 2.66. The van der Waals surface area contributed by atoms with Gasteiger partial charge in [-0.3, -0.25) is 9.89 Å². The lowest BCUT2D eigenvalue weighted by atomic mass is 9.81. The Bertz CT molecular complexity index is 1610. The van der Waals surface area contributed by atoms with Crippen molar-refractivity contribution < 1.29 is 14.3 Å². The van der Waals surface area contributed by atoms with Crippen LogP contribution in [0.15, 0.2) is 71.7 Å². The van der Waals surface area contributed by atoms with Gasteiger partial charge in [-0.1, -0.05) is 74.3 Å². The van der Waals surface area contributed by atoms with Gasteiger partial charge in [-0.05, 0) is 72.4 Å². The fourth-order valence-corrected chi connectivity index (χ4v) is 6.45. The van der Waals surface area contributed by atoms with Crippen molar-refractivity contribution in [2.45, 2.75) is 51.6 Å². The normalized spacial score (nSPS) is 20.1. The highest BCUT2D eigenvalue weighted by Crippen LogP contribution is 2.50. The second-order valence-corrected chi connectivity index (χ2v) is 14.1. The second-order valence-electron chi connectivity index (χ2n) is 13.2. The fourth-order valence-electron chi connectivity index (χ4n) is 6.20. The van der Waals surface area contributed by atoms with Crippen LogP contribution in [0, 0.1) is 0 Å². The topological polar surface area (TPSA) is 68.7 Å². The van der Waals surface area contributed by atoms with E-state index in [2.05, 4.69) is 39.8 Å². The molecule has 3 aromatic carbocycles. The summed E-state index contributed by atoms with van der Waals surface area (Å²) in [5, 5.41) is 1.22. The van der Waals surface area contributed by atoms with Crippen LogP contribution in [-0.4, -0.2) is 84.4 Å². The maximum absolute atomic E-state index is 14.9. The smallest absolute Gasteiger partial charge is 0.326 e. The van der Waals surface area contributed by atoms with Gasteiger partial charge in [-0.2, -0.15) is 0 Å². The molecule has 2 aliphatic heterocycles. The predicted octanol–water partition coefficient (Wildman–Crippen LogP) is 7.83. The van der Waals surface area contributed by atoms with Gasteiger partial charge in [0.25, 0.3) is 0 Å². The zero-order chi connectivity index (χ0) is 33.4. The molecule has 1 fully saturated rings. The minimum Gasteiger partial charge on any atom is -0.493 e. The van der Waals surface area contributed by atoms with Crippen LogP contribution in [0.2, 0.25) is 10.0 Å². The van der Waals surface area contributed by atoms with Crippen LogP contribution in [-0.2, 0) is 11.0 Å². The van der Waals surface area contributed by atoms with Gasteiger partial charge in [0.2, 0.25) is 0 Å². The number of benzene rings is 3. The molecule has 8 nitrogen and oxygen atoms in total. The molecule has 10 heteroatoms. The maximum atomic E-state index is 14.9. The van der Waals surface area contributed by atoms with E-state index < -0.39 is 11.6 Å². The van der Waals surface area contributed by atoms with Gasteiger partial charge in [0.15, 0.2) is 0 Å². The van der Waals surface area contributed by atoms with Crippen LogP contribution in [0.1, 0.15) is 62.9 Å². The lowest BCUT2D eigenvalue weighted by molar-refractivity contribution is 0.112. The van der Waals surface area contributed by atoms with Gasteiger partial charge in [-0.25, -0.2) is 9.59 Å². The molecule has 4 amide bonds. The van der Waals surface area contributed by atoms with Gasteiger partial charge < -0.3 is 19.4 Å². The van der Waals surface area contributed by atoms with Crippen molar-refractivity contribution in [2.75, 3.05) is 46.9 Å². The SMILES string of the molecule is CCOc1cc(C(C)(C)C)ccc1C1=NC(C)(c2ccc(Cl)cc2)C(c2ccc(Cl)cc2)N1C(=O)N1CCN(C(=O)N(C)C)CC1. The van der Waals surface area contributed by atoms with Crippen molar-refractivity contribution in [3.8, 4) is 5.75 Å². The van der Waals surface area contributed by atoms with E-state index in [9.17, 15) is 9.59 Å². The summed E-state index contributed by atoms with van der Waals surface area (Å²) < 4.78 is 6.25. The molecule has 5 rings (SSSR count). The summed E-state index contributed by atoms with van der Waals surface area (Å²) in [7, 11) is 3.48. The Morgan fingerprint density at radius 3 is 2.02 bits per heavy atom. The van der Waals surface area contributed by atoms with E-state index in [-0.39, 0.29) is 17.5 Å². The summed E-state index contributed by atoms with van der Waals surface area (Å²) in [6, 6.07) is 20.6. The summed E-state index contributed by atoms with van der Waals surface area (Å²) in [4.78, 5) is 40.0. The van der Waals surface area contributed by atoms with Crippen molar-refractivity contribution in [3.05, 3.63) is 99.0 Å². The molecule has 2 aliphatic rings. The molecule has 0 N–H and O–H groups in total. The second kappa shape index (κ2) is 13.2. The van der Waals surface area contributed by atoms with E-state index in [4.69, 9.17) is 32.9 Å². The minimum absolute atomic E-state index is 0.0647. The number of carbonyl (C=O) groups is 2. The third-order valence-corrected chi connectivity index (χ3v) is 9.27. The minimum atomic E-state index is -0.891. The number of halogens is 2. The van der Waals surface area contributed by atoms with Crippen LogP contribution in [0.5, 0.6) is 5.75 Å². The number of piperazine rings is 1. The first kappa shape index (κ1) is 33.6. The number of amidine groups is 1. The third-order valence-electron chi connectivity index (χ3n) is 8.77. The Morgan fingerprint density at radius 1 is 0.913 bits per heavy atom. The molecule has 0 spiro atoms. The molecule has 2 heterocycles. The van der Waals surface area contributed by atoms with E-state index in [0.717, 1.165) is 22.3 Å². The summed E-state index contributed by atoms with van der Waals surface area (Å²) in [5.74, 6) is 1.20. The van der Waals surface area contributed by atoms with Crippen LogP contribution >= 0.6 is 23.2 Å². The van der Waals surface area contributed by atoms with Gasteiger partial charge in [0.05, 0.1) is 18.2 Å². The fraction of sp³-hybridized carbons (Fsp3) is 0.417. The number of ether oxygens (including phenoxy) is 1. The summed E-state index contributed by atoms with van der Waals surface area (Å²) >= 11 is 12.7. The van der Waals surface area contributed by atoms with Gasteiger partial charge in [0.1, 0.15) is 17.1 Å². The number of nitrogens with zero attached hydrogens (tertiary/aromatic N) is 5.